The average Bonchev–Trinajstić information content (AvgIpc) is 2.25. The van der Waals surface area contributed by atoms with Gasteiger partial charge in [0.25, 0.3) is 0 Å². The number of nitrogens with one attached hydrogen (secondary N) is 1. The number of carbonyl (C=O) groups excluding carboxylic acids is 1. The molecule has 1 heterocycles. The van der Waals surface area contributed by atoms with Gasteiger partial charge in [0.1, 0.15) is 0 Å². The molecule has 2 rings (SSSR count). The first kappa shape index (κ1) is 8.57. The van der Waals surface area contributed by atoms with E-state index in [2.05, 4.69) is 11.7 Å². The summed E-state index contributed by atoms with van der Waals surface area (Å²) in [5, 5.41) is 3.46. The molecule has 2 radical (unpaired) electrons. The van der Waals surface area contributed by atoms with Crippen LogP contribution in [-0.2, 0) is 4.79 Å². The van der Waals surface area contributed by atoms with Crippen molar-refractivity contribution in [2.24, 2.45) is 0 Å². The lowest BCUT2D eigenvalue weighted by Gasteiger charge is -2.05. The monoisotopic (exact) mass is 193 g/mol. The Kier molecular flexibility index (Phi) is 2.23. The topological polar surface area (TPSA) is 29.1 Å². The van der Waals surface area contributed by atoms with Crippen molar-refractivity contribution in [2.45, 2.75) is 12.8 Å². The lowest BCUT2D eigenvalue weighted by atomic mass is 10.1. The molecular formula is C10H8ClNO. The summed E-state index contributed by atoms with van der Waals surface area (Å²) in [4.78, 5) is 11.1. The van der Waals surface area contributed by atoms with Crippen LogP contribution < -0.4 is 5.32 Å². The molecule has 66 valence electrons. The minimum atomic E-state index is 0.0357. The maximum Gasteiger partial charge on any atom is 0.224 e. The molecule has 2 nitrogen and oxygen atoms in total. The second-order valence-corrected chi connectivity index (χ2v) is 3.35. The molecule has 0 fully saturated rings. The summed E-state index contributed by atoms with van der Waals surface area (Å²) in [6.07, 6.45) is 4.27. The van der Waals surface area contributed by atoms with Crippen LogP contribution in [0.2, 0.25) is 5.02 Å². The fourth-order valence-electron chi connectivity index (χ4n) is 1.30. The maximum absolute atomic E-state index is 11.1. The molecular weight excluding hydrogens is 186 g/mol. The average molecular weight is 194 g/mol. The predicted molar refractivity (Wildman–Crippen MR) is 51.7 cm³/mol. The van der Waals surface area contributed by atoms with Crippen LogP contribution in [0.25, 0.3) is 0 Å². The maximum atomic E-state index is 11.1. The number of hydrogen-bond donors (Lipinski definition) is 1. The van der Waals surface area contributed by atoms with Crippen LogP contribution in [-0.4, -0.2) is 5.91 Å². The molecule has 0 saturated carbocycles. The van der Waals surface area contributed by atoms with Crippen LogP contribution in [0, 0.1) is 6.42 Å². The molecule has 0 atom stereocenters. The second kappa shape index (κ2) is 3.38. The van der Waals surface area contributed by atoms with Crippen molar-refractivity contribution in [3.8, 4) is 0 Å². The fourth-order valence-corrected chi connectivity index (χ4v) is 1.47. The van der Waals surface area contributed by atoms with E-state index in [1.165, 1.54) is 0 Å². The van der Waals surface area contributed by atoms with Crippen molar-refractivity contribution in [3.05, 3.63) is 35.2 Å². The fraction of sp³-hybridized carbons (Fsp3) is 0.200. The first-order chi connectivity index (χ1) is 6.25. The van der Waals surface area contributed by atoms with E-state index in [4.69, 9.17) is 11.6 Å². The third-order valence-corrected chi connectivity index (χ3v) is 2.16. The van der Waals surface area contributed by atoms with Gasteiger partial charge in [0.15, 0.2) is 0 Å². The van der Waals surface area contributed by atoms with Gasteiger partial charge in [0.2, 0.25) is 5.91 Å². The van der Waals surface area contributed by atoms with Gasteiger partial charge in [0, 0.05) is 23.6 Å². The highest BCUT2D eigenvalue weighted by molar-refractivity contribution is 6.30. The lowest BCUT2D eigenvalue weighted by Crippen LogP contribution is -2.08. The van der Waals surface area contributed by atoms with Crippen LogP contribution in [0.4, 0.5) is 5.69 Å². The van der Waals surface area contributed by atoms with E-state index >= 15 is 0 Å². The van der Waals surface area contributed by atoms with Gasteiger partial charge in [0.05, 0.1) is 0 Å². The highest BCUT2D eigenvalue weighted by atomic mass is 35.5. The zero-order chi connectivity index (χ0) is 9.26. The number of fused-ring (bicyclic) bond motifs is 1. The largest absolute Gasteiger partial charge is 0.326 e. The molecule has 1 aromatic rings. The van der Waals surface area contributed by atoms with Gasteiger partial charge >= 0.3 is 0 Å². The molecule has 13 heavy (non-hydrogen) atoms. The normalized spacial score (nSPS) is 15.9. The van der Waals surface area contributed by atoms with E-state index in [9.17, 15) is 4.79 Å². The molecule has 0 aromatic heterocycles. The number of halogens is 1. The minimum Gasteiger partial charge on any atom is -0.326 e. The molecule has 0 bridgehead atoms. The van der Waals surface area contributed by atoms with Gasteiger partial charge < -0.3 is 5.32 Å². The van der Waals surface area contributed by atoms with Crippen molar-refractivity contribution < 1.29 is 4.79 Å². The first-order valence-corrected chi connectivity index (χ1v) is 4.47. The Balaban J connectivity index is 2.40. The third-order valence-electron chi connectivity index (χ3n) is 1.92. The summed E-state index contributed by atoms with van der Waals surface area (Å²) in [5.41, 5.74) is 1.69. The van der Waals surface area contributed by atoms with E-state index in [1.807, 2.05) is 6.07 Å². The Bertz CT molecular complexity index is 349. The lowest BCUT2D eigenvalue weighted by molar-refractivity contribution is -0.116. The smallest absolute Gasteiger partial charge is 0.224 e. The van der Waals surface area contributed by atoms with Crippen molar-refractivity contribution in [3.63, 3.8) is 0 Å². The molecule has 1 amide bonds. The van der Waals surface area contributed by atoms with Gasteiger partial charge in [-0.3, -0.25) is 4.79 Å². The molecule has 0 spiro atoms. The highest BCUT2D eigenvalue weighted by Crippen LogP contribution is 2.26. The Morgan fingerprint density at radius 3 is 3.15 bits per heavy atom. The highest BCUT2D eigenvalue weighted by Gasteiger charge is 2.12. The zero-order valence-corrected chi connectivity index (χ0v) is 7.69. The van der Waals surface area contributed by atoms with Crippen LogP contribution in [0.15, 0.2) is 18.2 Å². The quantitative estimate of drug-likeness (QED) is 0.674. The van der Waals surface area contributed by atoms with Gasteiger partial charge in [-0.2, -0.15) is 0 Å². The van der Waals surface area contributed by atoms with E-state index in [0.29, 0.717) is 17.9 Å². The van der Waals surface area contributed by atoms with E-state index in [-0.39, 0.29) is 5.91 Å². The zero-order valence-electron chi connectivity index (χ0n) is 6.93. The van der Waals surface area contributed by atoms with Gasteiger partial charge in [-0.1, -0.05) is 11.6 Å². The summed E-state index contributed by atoms with van der Waals surface area (Å²) >= 11 is 5.81. The Hall–Kier alpha value is -1.02. The Morgan fingerprint density at radius 2 is 2.31 bits per heavy atom. The molecule has 0 saturated heterocycles. The SMILES string of the molecule is O=C1CC[C]c2cc(Cl)ccc2N1. The number of benzene rings is 1. The van der Waals surface area contributed by atoms with Crippen LogP contribution >= 0.6 is 11.6 Å². The van der Waals surface area contributed by atoms with Crippen LogP contribution in [0.1, 0.15) is 18.4 Å². The van der Waals surface area contributed by atoms with E-state index in [1.54, 1.807) is 12.1 Å². The van der Waals surface area contributed by atoms with Crippen LogP contribution in [0.5, 0.6) is 0 Å². The number of carbonyl (C=O) groups is 1. The molecule has 0 aliphatic carbocycles. The first-order valence-electron chi connectivity index (χ1n) is 4.09. The number of amides is 1. The van der Waals surface area contributed by atoms with Crippen molar-refractivity contribution in [1.29, 1.82) is 0 Å². The minimum absolute atomic E-state index is 0.0357. The summed E-state index contributed by atoms with van der Waals surface area (Å²) in [6, 6.07) is 5.37. The summed E-state index contributed by atoms with van der Waals surface area (Å²) in [5.74, 6) is 0.0357. The van der Waals surface area contributed by atoms with E-state index < -0.39 is 0 Å². The molecule has 3 heteroatoms. The Labute approximate surface area is 81.9 Å². The summed E-state index contributed by atoms with van der Waals surface area (Å²) < 4.78 is 0. The molecule has 1 aliphatic rings. The number of rotatable bonds is 0. The van der Waals surface area contributed by atoms with Crippen molar-refractivity contribution >= 4 is 23.2 Å². The van der Waals surface area contributed by atoms with Crippen molar-refractivity contribution in [1.82, 2.24) is 0 Å². The van der Waals surface area contributed by atoms with Gasteiger partial charge in [-0.15, -0.1) is 0 Å². The van der Waals surface area contributed by atoms with Gasteiger partial charge in [-0.05, 0) is 30.2 Å². The summed E-state index contributed by atoms with van der Waals surface area (Å²) in [6.45, 7) is 0. The molecule has 1 N–H and O–H groups in total. The standard InChI is InChI=1S/C10H8ClNO/c11-8-4-5-9-7(6-8)2-1-3-10(13)12-9/h4-6H,1,3H2,(H,12,13). The summed E-state index contributed by atoms with van der Waals surface area (Å²) in [7, 11) is 0. The van der Waals surface area contributed by atoms with Gasteiger partial charge in [-0.25, -0.2) is 0 Å². The molecule has 1 aromatic carbocycles. The number of hydrogen-bond acceptors (Lipinski definition) is 1. The van der Waals surface area contributed by atoms with Crippen LogP contribution in [0.3, 0.4) is 0 Å². The Morgan fingerprint density at radius 1 is 1.46 bits per heavy atom. The van der Waals surface area contributed by atoms with E-state index in [0.717, 1.165) is 11.3 Å². The second-order valence-electron chi connectivity index (χ2n) is 2.91. The molecule has 1 aliphatic heterocycles. The number of anilines is 1. The molecule has 0 unspecified atom stereocenters. The van der Waals surface area contributed by atoms with Crippen molar-refractivity contribution in [2.75, 3.05) is 5.32 Å². The third kappa shape index (κ3) is 1.83. The predicted octanol–water partition coefficient (Wildman–Crippen LogP) is 2.50.